The van der Waals surface area contributed by atoms with Crippen LogP contribution in [0, 0.1) is 0 Å². The van der Waals surface area contributed by atoms with E-state index in [1.165, 1.54) is 34.4 Å². The first-order valence-electron chi connectivity index (χ1n) is 9.43. The van der Waals surface area contributed by atoms with E-state index in [0.717, 1.165) is 25.9 Å². The van der Waals surface area contributed by atoms with Gasteiger partial charge in [-0.3, -0.25) is 4.79 Å². The summed E-state index contributed by atoms with van der Waals surface area (Å²) in [6.07, 6.45) is 4.49. The Bertz CT molecular complexity index is 664. The minimum absolute atomic E-state index is 0.254. The summed E-state index contributed by atoms with van der Waals surface area (Å²) in [5, 5.41) is -0.254. The van der Waals surface area contributed by atoms with E-state index in [4.69, 9.17) is 11.6 Å². The molecular formula is C22H28ClNOS. The third kappa shape index (κ3) is 7.14. The van der Waals surface area contributed by atoms with Gasteiger partial charge in [-0.15, -0.1) is 0 Å². The van der Waals surface area contributed by atoms with E-state index < -0.39 is 0 Å². The zero-order valence-electron chi connectivity index (χ0n) is 15.7. The molecule has 0 saturated heterocycles. The van der Waals surface area contributed by atoms with E-state index in [1.54, 1.807) is 0 Å². The lowest BCUT2D eigenvalue weighted by atomic mass is 10.0. The Morgan fingerprint density at radius 1 is 0.923 bits per heavy atom. The Morgan fingerprint density at radius 2 is 1.46 bits per heavy atom. The second-order valence-corrected chi connectivity index (χ2v) is 8.04. The van der Waals surface area contributed by atoms with Crippen LogP contribution in [0.25, 0.3) is 11.1 Å². The zero-order chi connectivity index (χ0) is 18.8. The molecule has 0 atom stereocenters. The summed E-state index contributed by atoms with van der Waals surface area (Å²) in [4.78, 5) is 12.1. The fourth-order valence-corrected chi connectivity index (χ4v) is 4.09. The molecule has 0 unspecified atom stereocenters. The summed E-state index contributed by atoms with van der Waals surface area (Å²) in [7, 11) is 0. The number of hydrogen-bond donors (Lipinski definition) is 0. The van der Waals surface area contributed by atoms with E-state index in [-0.39, 0.29) is 5.24 Å². The Kier molecular flexibility index (Phi) is 9.24. The van der Waals surface area contributed by atoms with E-state index >= 15 is 0 Å². The van der Waals surface area contributed by atoms with Gasteiger partial charge in [-0.05, 0) is 78.1 Å². The van der Waals surface area contributed by atoms with Crippen LogP contribution in [0.2, 0.25) is 0 Å². The maximum absolute atomic E-state index is 10.8. The quantitative estimate of drug-likeness (QED) is 0.320. The van der Waals surface area contributed by atoms with Crippen LogP contribution in [-0.2, 0) is 11.2 Å². The highest BCUT2D eigenvalue weighted by Crippen LogP contribution is 2.27. The predicted octanol–water partition coefficient (Wildman–Crippen LogP) is 6.57. The van der Waals surface area contributed by atoms with Gasteiger partial charge in [0.05, 0.1) is 0 Å². The molecule has 0 fully saturated rings. The topological polar surface area (TPSA) is 20.3 Å². The molecule has 0 aliphatic carbocycles. The number of halogens is 1. The van der Waals surface area contributed by atoms with Crippen molar-refractivity contribution in [3.8, 4) is 11.1 Å². The summed E-state index contributed by atoms with van der Waals surface area (Å²) in [6.45, 7) is 6.70. The largest absolute Gasteiger partial charge is 0.281 e. The number of carbonyl (C=O) groups excluding carboxylic acids is 1. The summed E-state index contributed by atoms with van der Waals surface area (Å²) in [6, 6.07) is 17.4. The first-order chi connectivity index (χ1) is 12.6. The molecule has 0 aromatic heterocycles. The van der Waals surface area contributed by atoms with Gasteiger partial charge in [0.15, 0.2) is 0 Å². The number of carbonyl (C=O) groups is 1. The fraction of sp³-hybridized carbons (Fsp3) is 0.409. The van der Waals surface area contributed by atoms with E-state index in [1.807, 2.05) is 11.9 Å². The molecule has 0 aliphatic heterocycles. The van der Waals surface area contributed by atoms with Crippen LogP contribution in [-0.4, -0.2) is 22.6 Å². The number of benzene rings is 2. The van der Waals surface area contributed by atoms with Crippen LogP contribution in [0.5, 0.6) is 0 Å². The lowest BCUT2D eigenvalue weighted by molar-refractivity contribution is -0.111. The van der Waals surface area contributed by atoms with Crippen LogP contribution < -0.4 is 0 Å². The molecule has 2 rings (SSSR count). The van der Waals surface area contributed by atoms with E-state index in [0.29, 0.717) is 6.42 Å². The van der Waals surface area contributed by atoms with E-state index in [2.05, 4.69) is 66.7 Å². The smallest absolute Gasteiger partial charge is 0.221 e. The van der Waals surface area contributed by atoms with Crippen molar-refractivity contribution in [2.24, 2.45) is 0 Å². The second-order valence-electron chi connectivity index (χ2n) is 6.45. The van der Waals surface area contributed by atoms with Crippen molar-refractivity contribution in [2.75, 3.05) is 13.1 Å². The van der Waals surface area contributed by atoms with Crippen molar-refractivity contribution in [3.05, 3.63) is 54.1 Å². The summed E-state index contributed by atoms with van der Waals surface area (Å²) < 4.78 is 2.44. The van der Waals surface area contributed by atoms with Crippen molar-refractivity contribution >= 4 is 28.8 Å². The molecule has 0 amide bonds. The predicted molar refractivity (Wildman–Crippen MR) is 114 cm³/mol. The first kappa shape index (κ1) is 21.0. The normalized spacial score (nSPS) is 11.1. The average Bonchev–Trinajstić information content (AvgIpc) is 2.63. The standard InChI is InChI=1S/C22H28ClNOS/c1-3-16-24(17-4-2)26-21-14-12-20(13-15-21)19-10-8-18(9-11-19)6-5-7-22(23)25/h8-15H,3-7,16-17H2,1-2H3. The highest BCUT2D eigenvalue weighted by Gasteiger charge is 2.06. The molecule has 26 heavy (non-hydrogen) atoms. The molecule has 140 valence electrons. The van der Waals surface area contributed by atoms with Gasteiger partial charge in [-0.1, -0.05) is 50.2 Å². The third-order valence-electron chi connectivity index (χ3n) is 4.16. The third-order valence-corrected chi connectivity index (χ3v) is 5.46. The SMILES string of the molecule is CCCN(CCC)Sc1ccc(-c2ccc(CCCC(=O)Cl)cc2)cc1. The molecule has 0 N–H and O–H groups in total. The van der Waals surface area contributed by atoms with Crippen LogP contribution in [0.15, 0.2) is 53.4 Å². The summed E-state index contributed by atoms with van der Waals surface area (Å²) >= 11 is 7.24. The zero-order valence-corrected chi connectivity index (χ0v) is 17.3. The molecule has 2 aromatic carbocycles. The van der Waals surface area contributed by atoms with Crippen molar-refractivity contribution in [1.29, 1.82) is 0 Å². The van der Waals surface area contributed by atoms with Gasteiger partial charge in [0.2, 0.25) is 5.24 Å². The van der Waals surface area contributed by atoms with Gasteiger partial charge in [0, 0.05) is 24.4 Å². The number of hydrogen-bond acceptors (Lipinski definition) is 3. The molecule has 0 bridgehead atoms. The maximum atomic E-state index is 10.8. The van der Waals surface area contributed by atoms with Crippen molar-refractivity contribution in [2.45, 2.75) is 50.8 Å². The molecule has 0 radical (unpaired) electrons. The molecule has 0 spiro atoms. The van der Waals surface area contributed by atoms with Crippen LogP contribution in [0.1, 0.15) is 45.1 Å². The van der Waals surface area contributed by atoms with Gasteiger partial charge >= 0.3 is 0 Å². The second kappa shape index (κ2) is 11.4. The Balaban J connectivity index is 1.95. The Morgan fingerprint density at radius 3 is 1.96 bits per heavy atom. The lowest BCUT2D eigenvalue weighted by Crippen LogP contribution is -2.17. The summed E-state index contributed by atoms with van der Waals surface area (Å²) in [5.74, 6) is 0. The van der Waals surface area contributed by atoms with Gasteiger partial charge in [0.1, 0.15) is 0 Å². The van der Waals surface area contributed by atoms with Crippen molar-refractivity contribution in [1.82, 2.24) is 4.31 Å². The van der Waals surface area contributed by atoms with Gasteiger partial charge in [0.25, 0.3) is 0 Å². The minimum atomic E-state index is -0.254. The lowest BCUT2D eigenvalue weighted by Gasteiger charge is -2.19. The van der Waals surface area contributed by atoms with Gasteiger partial charge in [-0.2, -0.15) is 0 Å². The molecule has 2 aromatic rings. The molecule has 0 saturated carbocycles. The summed E-state index contributed by atoms with van der Waals surface area (Å²) in [5.41, 5.74) is 3.70. The molecular weight excluding hydrogens is 362 g/mol. The molecule has 4 heteroatoms. The van der Waals surface area contributed by atoms with E-state index in [9.17, 15) is 4.79 Å². The molecule has 0 heterocycles. The first-order valence-corrected chi connectivity index (χ1v) is 10.6. The number of aryl methyl sites for hydroxylation is 1. The van der Waals surface area contributed by atoms with Crippen molar-refractivity contribution in [3.63, 3.8) is 0 Å². The van der Waals surface area contributed by atoms with Gasteiger partial charge in [-0.25, -0.2) is 4.31 Å². The van der Waals surface area contributed by atoms with Gasteiger partial charge < -0.3 is 0 Å². The average molecular weight is 390 g/mol. The number of rotatable bonds is 11. The molecule has 2 nitrogen and oxygen atoms in total. The highest BCUT2D eigenvalue weighted by molar-refractivity contribution is 7.97. The van der Waals surface area contributed by atoms with Crippen LogP contribution in [0.3, 0.4) is 0 Å². The van der Waals surface area contributed by atoms with Crippen LogP contribution in [0.4, 0.5) is 0 Å². The highest BCUT2D eigenvalue weighted by atomic mass is 35.5. The maximum Gasteiger partial charge on any atom is 0.221 e. The fourth-order valence-electron chi connectivity index (χ4n) is 2.85. The monoisotopic (exact) mass is 389 g/mol. The van der Waals surface area contributed by atoms with Crippen molar-refractivity contribution < 1.29 is 4.79 Å². The Labute approximate surface area is 167 Å². The minimum Gasteiger partial charge on any atom is -0.281 e. The number of nitrogens with zero attached hydrogens (tertiary/aromatic N) is 1. The Hall–Kier alpha value is -1.29. The molecule has 0 aliphatic rings. The van der Waals surface area contributed by atoms with Crippen LogP contribution >= 0.6 is 23.5 Å².